The minimum atomic E-state index is -1.26. The van der Waals surface area contributed by atoms with Crippen LogP contribution in [0.4, 0.5) is 0 Å². The third-order valence-electron chi connectivity index (χ3n) is 3.48. The van der Waals surface area contributed by atoms with Crippen LogP contribution in [0.2, 0.25) is 0 Å². The van der Waals surface area contributed by atoms with Gasteiger partial charge in [0.1, 0.15) is 17.2 Å². The van der Waals surface area contributed by atoms with Crippen LogP contribution >= 0.6 is 22.6 Å². The normalized spacial score (nSPS) is 11.1. The Kier molecular flexibility index (Phi) is 5.92. The fourth-order valence-electron chi connectivity index (χ4n) is 2.20. The summed E-state index contributed by atoms with van der Waals surface area (Å²) in [6, 6.07) is 17.5. The zero-order valence-corrected chi connectivity index (χ0v) is 16.0. The molecule has 0 radical (unpaired) electrons. The molecule has 0 saturated heterocycles. The van der Waals surface area contributed by atoms with Crippen molar-refractivity contribution in [3.63, 3.8) is 0 Å². The highest BCUT2D eigenvalue weighted by molar-refractivity contribution is 14.1. The molecule has 136 valence electrons. The molecule has 1 aromatic heterocycles. The number of hydrogen-bond donors (Lipinski definition) is 2. The standard InChI is InChI=1S/C20H14INO5/c21-15-4-1-2-5-17(15)27-14-9-7-13(8-10-14)12-16(20(24)25)22-19(23)18-6-3-11-26-18/h1-12H,(H,22,23)(H,24,25)/b16-12-. The van der Waals surface area contributed by atoms with Crippen LogP contribution in [0.15, 0.2) is 77.0 Å². The number of nitrogens with one attached hydrogen (secondary N) is 1. The Morgan fingerprint density at radius 3 is 2.41 bits per heavy atom. The number of carbonyl (C=O) groups excluding carboxylic acids is 1. The lowest BCUT2D eigenvalue weighted by Gasteiger charge is -2.08. The molecule has 3 rings (SSSR count). The number of carbonyl (C=O) groups is 2. The molecule has 0 bridgehead atoms. The van der Waals surface area contributed by atoms with E-state index in [1.54, 1.807) is 30.3 Å². The summed E-state index contributed by atoms with van der Waals surface area (Å²) >= 11 is 2.18. The lowest BCUT2D eigenvalue weighted by molar-refractivity contribution is -0.132. The highest BCUT2D eigenvalue weighted by Crippen LogP contribution is 2.26. The molecule has 0 aliphatic carbocycles. The van der Waals surface area contributed by atoms with E-state index in [4.69, 9.17) is 9.15 Å². The van der Waals surface area contributed by atoms with Crippen molar-refractivity contribution in [1.82, 2.24) is 5.32 Å². The van der Waals surface area contributed by atoms with Gasteiger partial charge >= 0.3 is 5.97 Å². The smallest absolute Gasteiger partial charge is 0.352 e. The SMILES string of the molecule is O=C(O)/C(=C/c1ccc(Oc2ccccc2I)cc1)NC(=O)c1ccco1. The van der Waals surface area contributed by atoms with Crippen LogP contribution < -0.4 is 10.1 Å². The van der Waals surface area contributed by atoms with Gasteiger partial charge in [-0.15, -0.1) is 0 Å². The van der Waals surface area contributed by atoms with Crippen LogP contribution in [-0.2, 0) is 4.79 Å². The van der Waals surface area contributed by atoms with Crippen molar-refractivity contribution < 1.29 is 23.8 Å². The predicted molar refractivity (Wildman–Crippen MR) is 107 cm³/mol. The molecule has 1 amide bonds. The van der Waals surface area contributed by atoms with E-state index in [9.17, 15) is 14.7 Å². The molecular formula is C20H14INO5. The van der Waals surface area contributed by atoms with E-state index in [-0.39, 0.29) is 11.5 Å². The lowest BCUT2D eigenvalue weighted by atomic mass is 10.2. The Morgan fingerprint density at radius 1 is 1.04 bits per heavy atom. The van der Waals surface area contributed by atoms with Gasteiger partial charge in [0.15, 0.2) is 5.76 Å². The molecule has 7 heteroatoms. The summed E-state index contributed by atoms with van der Waals surface area (Å²) in [7, 11) is 0. The monoisotopic (exact) mass is 475 g/mol. The number of amides is 1. The van der Waals surface area contributed by atoms with Gasteiger partial charge in [-0.2, -0.15) is 0 Å². The number of carboxylic acid groups (broad SMARTS) is 1. The number of ether oxygens (including phenoxy) is 1. The van der Waals surface area contributed by atoms with Gasteiger partial charge in [0.2, 0.25) is 0 Å². The molecule has 6 nitrogen and oxygen atoms in total. The van der Waals surface area contributed by atoms with Gasteiger partial charge in [-0.1, -0.05) is 24.3 Å². The average molecular weight is 475 g/mol. The van der Waals surface area contributed by atoms with E-state index >= 15 is 0 Å². The first-order valence-corrected chi connectivity index (χ1v) is 8.93. The third-order valence-corrected chi connectivity index (χ3v) is 4.37. The minimum Gasteiger partial charge on any atom is -0.477 e. The first kappa shape index (κ1) is 18.7. The zero-order valence-electron chi connectivity index (χ0n) is 13.9. The van der Waals surface area contributed by atoms with E-state index in [1.165, 1.54) is 18.4 Å². The molecule has 0 aliphatic rings. The van der Waals surface area contributed by atoms with Crippen molar-refractivity contribution in [2.75, 3.05) is 0 Å². The Balaban J connectivity index is 1.75. The van der Waals surface area contributed by atoms with Gasteiger partial charge in [0.25, 0.3) is 5.91 Å². The topological polar surface area (TPSA) is 88.8 Å². The summed E-state index contributed by atoms with van der Waals surface area (Å²) in [4.78, 5) is 23.4. The van der Waals surface area contributed by atoms with E-state index < -0.39 is 11.9 Å². The van der Waals surface area contributed by atoms with Crippen LogP contribution in [0.5, 0.6) is 11.5 Å². The summed E-state index contributed by atoms with van der Waals surface area (Å²) in [6.07, 6.45) is 2.70. The van der Waals surface area contributed by atoms with Crippen LogP contribution in [0, 0.1) is 3.57 Å². The Morgan fingerprint density at radius 2 is 1.78 bits per heavy atom. The Hall–Kier alpha value is -3.07. The first-order chi connectivity index (χ1) is 13.0. The molecule has 2 aromatic carbocycles. The van der Waals surface area contributed by atoms with Gasteiger partial charge < -0.3 is 19.6 Å². The average Bonchev–Trinajstić information content (AvgIpc) is 3.19. The Labute approximate surface area is 168 Å². The van der Waals surface area contributed by atoms with Gasteiger partial charge in [-0.3, -0.25) is 4.79 Å². The van der Waals surface area contributed by atoms with Crippen molar-refractivity contribution in [3.05, 3.63) is 87.5 Å². The number of hydrogen-bond acceptors (Lipinski definition) is 4. The fraction of sp³-hybridized carbons (Fsp3) is 0. The van der Waals surface area contributed by atoms with Crippen LogP contribution in [-0.4, -0.2) is 17.0 Å². The molecule has 0 unspecified atom stereocenters. The fourth-order valence-corrected chi connectivity index (χ4v) is 2.69. The second-order valence-corrected chi connectivity index (χ2v) is 6.56. The maximum atomic E-state index is 12.0. The quantitative estimate of drug-likeness (QED) is 0.404. The molecule has 27 heavy (non-hydrogen) atoms. The highest BCUT2D eigenvalue weighted by atomic mass is 127. The zero-order chi connectivity index (χ0) is 19.2. The van der Waals surface area contributed by atoms with Crippen molar-refractivity contribution in [2.24, 2.45) is 0 Å². The number of rotatable bonds is 6. The van der Waals surface area contributed by atoms with E-state index in [0.717, 1.165) is 9.32 Å². The van der Waals surface area contributed by atoms with Gasteiger partial charge in [0.05, 0.1) is 9.83 Å². The molecule has 0 fully saturated rings. The van der Waals surface area contributed by atoms with Crippen LogP contribution in [0.3, 0.4) is 0 Å². The molecule has 0 saturated carbocycles. The molecule has 1 heterocycles. The van der Waals surface area contributed by atoms with Gasteiger partial charge in [0, 0.05) is 0 Å². The number of para-hydroxylation sites is 1. The van der Waals surface area contributed by atoms with Crippen molar-refractivity contribution >= 4 is 40.5 Å². The van der Waals surface area contributed by atoms with Crippen molar-refractivity contribution in [3.8, 4) is 11.5 Å². The number of furan rings is 1. The molecule has 0 atom stereocenters. The van der Waals surface area contributed by atoms with Gasteiger partial charge in [-0.05, 0) is 70.6 Å². The number of aliphatic carboxylic acids is 1. The van der Waals surface area contributed by atoms with E-state index in [2.05, 4.69) is 27.9 Å². The van der Waals surface area contributed by atoms with Crippen molar-refractivity contribution in [2.45, 2.75) is 0 Å². The largest absolute Gasteiger partial charge is 0.477 e. The summed E-state index contributed by atoms with van der Waals surface area (Å²) in [5, 5.41) is 11.6. The highest BCUT2D eigenvalue weighted by Gasteiger charge is 2.15. The molecule has 2 N–H and O–H groups in total. The third kappa shape index (κ3) is 4.98. The predicted octanol–water partition coefficient (Wildman–Crippen LogP) is 4.53. The number of halogens is 1. The number of benzene rings is 2. The van der Waals surface area contributed by atoms with Crippen LogP contribution in [0.1, 0.15) is 16.1 Å². The summed E-state index contributed by atoms with van der Waals surface area (Å²) < 4.78 is 11.7. The Bertz CT molecular complexity index is 978. The summed E-state index contributed by atoms with van der Waals surface area (Å²) in [5.74, 6) is -0.504. The maximum absolute atomic E-state index is 12.0. The molecule has 0 spiro atoms. The van der Waals surface area contributed by atoms with Crippen molar-refractivity contribution in [1.29, 1.82) is 0 Å². The van der Waals surface area contributed by atoms with Crippen LogP contribution in [0.25, 0.3) is 6.08 Å². The van der Waals surface area contributed by atoms with E-state index in [0.29, 0.717) is 11.3 Å². The van der Waals surface area contributed by atoms with E-state index in [1.807, 2.05) is 24.3 Å². The maximum Gasteiger partial charge on any atom is 0.352 e. The molecular weight excluding hydrogens is 461 g/mol. The molecule has 0 aliphatic heterocycles. The summed E-state index contributed by atoms with van der Waals surface area (Å²) in [5.41, 5.74) is 0.338. The number of carboxylic acids is 1. The summed E-state index contributed by atoms with van der Waals surface area (Å²) in [6.45, 7) is 0. The lowest BCUT2D eigenvalue weighted by Crippen LogP contribution is -2.26. The second kappa shape index (κ2) is 8.54. The molecule has 3 aromatic rings. The minimum absolute atomic E-state index is 0.0309. The second-order valence-electron chi connectivity index (χ2n) is 5.40. The first-order valence-electron chi connectivity index (χ1n) is 7.85. The van der Waals surface area contributed by atoms with Gasteiger partial charge in [-0.25, -0.2) is 4.79 Å².